The second kappa shape index (κ2) is 9.72. The molecule has 0 bridgehead atoms. The standard InChI is InChI=1S/C27H22F2/c1-3-4-5-21-7-9-22(10-8-21)11-12-23-13-15-24(16-14-23)17-19-25-18-6-20(2)26(28)27(25)29/h6-10,13-16,18H,3-5H2,1-2H3. The van der Waals surface area contributed by atoms with Crippen LogP contribution in [-0.2, 0) is 6.42 Å². The van der Waals surface area contributed by atoms with E-state index in [4.69, 9.17) is 0 Å². The van der Waals surface area contributed by atoms with Crippen LogP contribution in [0.25, 0.3) is 0 Å². The summed E-state index contributed by atoms with van der Waals surface area (Å²) in [6, 6.07) is 18.8. The van der Waals surface area contributed by atoms with Crippen molar-refractivity contribution in [1.82, 2.24) is 0 Å². The average Bonchev–Trinajstić information content (AvgIpc) is 2.75. The Balaban J connectivity index is 1.69. The second-order valence-electron chi connectivity index (χ2n) is 6.94. The SMILES string of the molecule is CCCCc1ccc(C#Cc2ccc(C#Cc3ccc(C)c(F)c3F)cc2)cc1. The quantitative estimate of drug-likeness (QED) is 0.457. The van der Waals surface area contributed by atoms with Crippen molar-refractivity contribution in [3.8, 4) is 23.7 Å². The summed E-state index contributed by atoms with van der Waals surface area (Å²) >= 11 is 0. The average molecular weight is 384 g/mol. The molecule has 0 heterocycles. The fourth-order valence-corrected chi connectivity index (χ4v) is 2.80. The summed E-state index contributed by atoms with van der Waals surface area (Å²) < 4.78 is 27.5. The predicted molar refractivity (Wildman–Crippen MR) is 115 cm³/mol. The number of hydrogen-bond donors (Lipinski definition) is 0. The molecule has 29 heavy (non-hydrogen) atoms. The van der Waals surface area contributed by atoms with Crippen molar-refractivity contribution in [1.29, 1.82) is 0 Å². The number of halogens is 2. The monoisotopic (exact) mass is 384 g/mol. The maximum absolute atomic E-state index is 13.9. The number of benzene rings is 3. The Morgan fingerprint density at radius 3 is 1.72 bits per heavy atom. The van der Waals surface area contributed by atoms with Gasteiger partial charge in [-0.3, -0.25) is 0 Å². The molecule has 0 aromatic heterocycles. The molecular weight excluding hydrogens is 362 g/mol. The highest BCUT2D eigenvalue weighted by Gasteiger charge is 2.08. The van der Waals surface area contributed by atoms with E-state index in [9.17, 15) is 8.78 Å². The zero-order valence-electron chi connectivity index (χ0n) is 16.7. The molecule has 0 saturated carbocycles. The smallest absolute Gasteiger partial charge is 0.174 e. The Morgan fingerprint density at radius 1 is 0.655 bits per heavy atom. The topological polar surface area (TPSA) is 0 Å². The van der Waals surface area contributed by atoms with Crippen molar-refractivity contribution in [2.45, 2.75) is 33.1 Å². The van der Waals surface area contributed by atoms with E-state index < -0.39 is 11.6 Å². The molecule has 2 heteroatoms. The summed E-state index contributed by atoms with van der Waals surface area (Å²) in [5, 5.41) is 0. The van der Waals surface area contributed by atoms with Crippen molar-refractivity contribution < 1.29 is 8.78 Å². The zero-order chi connectivity index (χ0) is 20.6. The summed E-state index contributed by atoms with van der Waals surface area (Å²) in [7, 11) is 0. The van der Waals surface area contributed by atoms with Gasteiger partial charge in [0.25, 0.3) is 0 Å². The van der Waals surface area contributed by atoms with Crippen LogP contribution in [0.4, 0.5) is 8.78 Å². The maximum Gasteiger partial charge on any atom is 0.174 e. The molecule has 0 radical (unpaired) electrons. The number of unbranched alkanes of at least 4 members (excludes halogenated alkanes) is 1. The van der Waals surface area contributed by atoms with Gasteiger partial charge < -0.3 is 0 Å². The first-order chi connectivity index (χ1) is 14.1. The van der Waals surface area contributed by atoms with E-state index in [-0.39, 0.29) is 11.1 Å². The Bertz CT molecular complexity index is 1100. The van der Waals surface area contributed by atoms with E-state index in [0.717, 1.165) is 23.1 Å². The molecule has 0 fully saturated rings. The van der Waals surface area contributed by atoms with Gasteiger partial charge in [-0.2, -0.15) is 0 Å². The van der Waals surface area contributed by atoms with E-state index >= 15 is 0 Å². The minimum absolute atomic E-state index is 0.0550. The first-order valence-electron chi connectivity index (χ1n) is 9.74. The van der Waals surface area contributed by atoms with Gasteiger partial charge in [0, 0.05) is 16.7 Å². The molecule has 0 atom stereocenters. The van der Waals surface area contributed by atoms with Gasteiger partial charge >= 0.3 is 0 Å². The highest BCUT2D eigenvalue weighted by Crippen LogP contribution is 2.15. The van der Waals surface area contributed by atoms with Crippen LogP contribution >= 0.6 is 0 Å². The van der Waals surface area contributed by atoms with Crippen molar-refractivity contribution in [2.75, 3.05) is 0 Å². The van der Waals surface area contributed by atoms with Crippen molar-refractivity contribution in [3.05, 3.63) is 106 Å². The second-order valence-corrected chi connectivity index (χ2v) is 6.94. The lowest BCUT2D eigenvalue weighted by Crippen LogP contribution is -1.92. The van der Waals surface area contributed by atoms with Crippen LogP contribution < -0.4 is 0 Å². The molecule has 0 unspecified atom stereocenters. The van der Waals surface area contributed by atoms with E-state index in [1.165, 1.54) is 37.5 Å². The number of aryl methyl sites for hydroxylation is 2. The fourth-order valence-electron chi connectivity index (χ4n) is 2.80. The fraction of sp³-hybridized carbons (Fsp3) is 0.185. The lowest BCUT2D eigenvalue weighted by molar-refractivity contribution is 0.501. The largest absolute Gasteiger partial charge is 0.203 e. The van der Waals surface area contributed by atoms with E-state index in [2.05, 4.69) is 42.7 Å². The zero-order valence-corrected chi connectivity index (χ0v) is 16.7. The first kappa shape index (κ1) is 20.4. The molecule has 144 valence electrons. The van der Waals surface area contributed by atoms with Crippen LogP contribution in [0.5, 0.6) is 0 Å². The molecule has 0 aliphatic carbocycles. The van der Waals surface area contributed by atoms with Gasteiger partial charge in [-0.25, -0.2) is 8.78 Å². The molecule has 0 aliphatic heterocycles. The number of hydrogen-bond acceptors (Lipinski definition) is 0. The third-order valence-electron chi connectivity index (χ3n) is 4.63. The molecular formula is C27H22F2. The van der Waals surface area contributed by atoms with Crippen molar-refractivity contribution >= 4 is 0 Å². The van der Waals surface area contributed by atoms with Gasteiger partial charge in [-0.05, 0) is 73.4 Å². The van der Waals surface area contributed by atoms with Gasteiger partial charge in [-0.1, -0.05) is 55.2 Å². The molecule has 0 amide bonds. The van der Waals surface area contributed by atoms with Crippen LogP contribution in [0.15, 0.2) is 60.7 Å². The molecule has 0 spiro atoms. The Labute approximate surface area is 171 Å². The maximum atomic E-state index is 13.9. The molecule has 0 saturated heterocycles. The van der Waals surface area contributed by atoms with Crippen LogP contribution in [0, 0.1) is 42.2 Å². The van der Waals surface area contributed by atoms with Gasteiger partial charge in [0.15, 0.2) is 11.6 Å². The van der Waals surface area contributed by atoms with E-state index in [1.807, 2.05) is 36.4 Å². The molecule has 3 aromatic rings. The third kappa shape index (κ3) is 5.56. The van der Waals surface area contributed by atoms with E-state index in [1.54, 1.807) is 0 Å². The predicted octanol–water partition coefficient (Wildman–Crippen LogP) is 6.42. The van der Waals surface area contributed by atoms with Crippen LogP contribution in [0.3, 0.4) is 0 Å². The molecule has 0 aliphatic rings. The van der Waals surface area contributed by atoms with Crippen LogP contribution in [0.1, 0.15) is 53.1 Å². The lowest BCUT2D eigenvalue weighted by atomic mass is 10.1. The van der Waals surface area contributed by atoms with Gasteiger partial charge in [0.1, 0.15) is 0 Å². The summed E-state index contributed by atoms with van der Waals surface area (Å²) in [4.78, 5) is 0. The van der Waals surface area contributed by atoms with E-state index in [0.29, 0.717) is 0 Å². The Hall–Kier alpha value is -3.36. The summed E-state index contributed by atoms with van der Waals surface area (Å²) in [5.41, 5.74) is 4.23. The summed E-state index contributed by atoms with van der Waals surface area (Å²) in [6.07, 6.45) is 3.50. The third-order valence-corrected chi connectivity index (χ3v) is 4.63. The van der Waals surface area contributed by atoms with Gasteiger partial charge in [-0.15, -0.1) is 0 Å². The molecule has 3 aromatic carbocycles. The summed E-state index contributed by atoms with van der Waals surface area (Å²) in [6.45, 7) is 3.72. The van der Waals surface area contributed by atoms with Crippen molar-refractivity contribution in [2.24, 2.45) is 0 Å². The van der Waals surface area contributed by atoms with Gasteiger partial charge in [0.05, 0.1) is 5.56 Å². The van der Waals surface area contributed by atoms with Crippen molar-refractivity contribution in [3.63, 3.8) is 0 Å². The molecule has 0 nitrogen and oxygen atoms in total. The first-order valence-corrected chi connectivity index (χ1v) is 9.74. The van der Waals surface area contributed by atoms with Crippen LogP contribution in [0.2, 0.25) is 0 Å². The molecule has 0 N–H and O–H groups in total. The minimum atomic E-state index is -0.902. The number of rotatable bonds is 3. The Kier molecular flexibility index (Phi) is 6.83. The summed E-state index contributed by atoms with van der Waals surface area (Å²) in [5.74, 6) is 10.1. The van der Waals surface area contributed by atoms with Crippen LogP contribution in [-0.4, -0.2) is 0 Å². The lowest BCUT2D eigenvalue weighted by Gasteiger charge is -1.99. The minimum Gasteiger partial charge on any atom is -0.203 e. The molecule has 3 rings (SSSR count). The van der Waals surface area contributed by atoms with Gasteiger partial charge in [0.2, 0.25) is 0 Å². The Morgan fingerprint density at radius 2 is 1.17 bits per heavy atom. The highest BCUT2D eigenvalue weighted by atomic mass is 19.2. The highest BCUT2D eigenvalue weighted by molar-refractivity contribution is 5.48. The normalized spacial score (nSPS) is 9.93.